The van der Waals surface area contributed by atoms with E-state index in [0.717, 1.165) is 16.4 Å². The zero-order chi connectivity index (χ0) is 10.1. The van der Waals surface area contributed by atoms with E-state index >= 15 is 0 Å². The molecule has 0 saturated carbocycles. The van der Waals surface area contributed by atoms with Crippen LogP contribution >= 0.6 is 15.9 Å². The molecule has 0 aliphatic carbocycles. The van der Waals surface area contributed by atoms with Crippen molar-refractivity contribution in [2.24, 2.45) is 5.73 Å². The summed E-state index contributed by atoms with van der Waals surface area (Å²) in [6, 6.07) is 6.24. The summed E-state index contributed by atoms with van der Waals surface area (Å²) in [5.41, 5.74) is 8.36. The Kier molecular flexibility index (Phi) is 2.61. The second-order valence-corrected chi connectivity index (χ2v) is 4.28. The van der Waals surface area contributed by atoms with Crippen LogP contribution in [0.15, 0.2) is 28.9 Å². The molecular formula is C11H13BrN2. The molecule has 0 fully saturated rings. The summed E-state index contributed by atoms with van der Waals surface area (Å²) in [4.78, 5) is 3.23. The summed E-state index contributed by atoms with van der Waals surface area (Å²) in [6.45, 7) is 2.10. The van der Waals surface area contributed by atoms with Crippen molar-refractivity contribution in [1.29, 1.82) is 0 Å². The molecule has 2 nitrogen and oxygen atoms in total. The molecule has 0 amide bonds. The number of fused-ring (bicyclic) bond motifs is 1. The van der Waals surface area contributed by atoms with Crippen molar-refractivity contribution in [3.05, 3.63) is 34.4 Å². The summed E-state index contributed by atoms with van der Waals surface area (Å²) in [5, 5.41) is 1.21. The van der Waals surface area contributed by atoms with Crippen molar-refractivity contribution >= 4 is 26.8 Å². The van der Waals surface area contributed by atoms with E-state index in [1.54, 1.807) is 0 Å². The lowest BCUT2D eigenvalue weighted by atomic mass is 10.0. The monoisotopic (exact) mass is 252 g/mol. The van der Waals surface area contributed by atoms with Crippen molar-refractivity contribution in [1.82, 2.24) is 4.98 Å². The van der Waals surface area contributed by atoms with Crippen LogP contribution in [0, 0.1) is 0 Å². The van der Waals surface area contributed by atoms with Gasteiger partial charge in [0.25, 0.3) is 0 Å². The maximum absolute atomic E-state index is 6.03. The van der Waals surface area contributed by atoms with Gasteiger partial charge in [0.15, 0.2) is 0 Å². The van der Waals surface area contributed by atoms with Gasteiger partial charge in [0, 0.05) is 27.6 Å². The molecule has 0 aliphatic rings. The molecule has 3 heteroatoms. The molecule has 1 heterocycles. The average molecular weight is 253 g/mol. The minimum Gasteiger partial charge on any atom is -0.361 e. The molecule has 0 unspecified atom stereocenters. The standard InChI is InChI=1S/C11H13BrN2/c1-2-9(13)7-6-14-10-5-3-4-8(12)11(7)10/h3-6,9,14H,2,13H2,1H3/t9-/m0/s1. The molecule has 1 aromatic carbocycles. The Morgan fingerprint density at radius 3 is 3.00 bits per heavy atom. The number of hydrogen-bond acceptors (Lipinski definition) is 1. The Morgan fingerprint density at radius 1 is 1.50 bits per heavy atom. The number of H-pyrrole nitrogens is 1. The average Bonchev–Trinajstić information content (AvgIpc) is 2.62. The van der Waals surface area contributed by atoms with E-state index in [2.05, 4.69) is 33.9 Å². The van der Waals surface area contributed by atoms with Gasteiger partial charge >= 0.3 is 0 Å². The van der Waals surface area contributed by atoms with Crippen LogP contribution in [0.3, 0.4) is 0 Å². The molecule has 0 saturated heterocycles. The number of rotatable bonds is 2. The highest BCUT2D eigenvalue weighted by molar-refractivity contribution is 9.10. The zero-order valence-corrected chi connectivity index (χ0v) is 9.64. The van der Waals surface area contributed by atoms with Gasteiger partial charge in [0.1, 0.15) is 0 Å². The summed E-state index contributed by atoms with van der Waals surface area (Å²) in [6.07, 6.45) is 2.96. The van der Waals surface area contributed by atoms with Crippen LogP contribution in [0.2, 0.25) is 0 Å². The Morgan fingerprint density at radius 2 is 2.29 bits per heavy atom. The van der Waals surface area contributed by atoms with Gasteiger partial charge in [-0.15, -0.1) is 0 Å². The molecule has 0 spiro atoms. The molecule has 74 valence electrons. The van der Waals surface area contributed by atoms with E-state index in [4.69, 9.17) is 5.73 Å². The summed E-state index contributed by atoms with van der Waals surface area (Å²) >= 11 is 3.55. The van der Waals surface area contributed by atoms with Crippen molar-refractivity contribution in [3.63, 3.8) is 0 Å². The van der Waals surface area contributed by atoms with Gasteiger partial charge in [-0.3, -0.25) is 0 Å². The molecule has 1 atom stereocenters. The highest BCUT2D eigenvalue weighted by Gasteiger charge is 2.11. The van der Waals surface area contributed by atoms with Crippen LogP contribution in [-0.2, 0) is 0 Å². The van der Waals surface area contributed by atoms with Crippen LogP contribution < -0.4 is 5.73 Å². The van der Waals surface area contributed by atoms with Crippen molar-refractivity contribution in [2.75, 3.05) is 0 Å². The van der Waals surface area contributed by atoms with Crippen molar-refractivity contribution in [2.45, 2.75) is 19.4 Å². The van der Waals surface area contributed by atoms with Crippen molar-refractivity contribution < 1.29 is 0 Å². The fourth-order valence-electron chi connectivity index (χ4n) is 1.68. The largest absolute Gasteiger partial charge is 0.361 e. The Balaban J connectivity index is 2.67. The second-order valence-electron chi connectivity index (χ2n) is 3.42. The van der Waals surface area contributed by atoms with Gasteiger partial charge in [-0.05, 0) is 24.1 Å². The molecule has 0 aliphatic heterocycles. The second kappa shape index (κ2) is 3.75. The fourth-order valence-corrected chi connectivity index (χ4v) is 2.27. The first kappa shape index (κ1) is 9.74. The third-order valence-corrected chi connectivity index (χ3v) is 3.19. The predicted octanol–water partition coefficient (Wildman–Crippen LogP) is 3.34. The smallest absolute Gasteiger partial charge is 0.0468 e. The van der Waals surface area contributed by atoms with E-state index in [1.165, 1.54) is 10.9 Å². The normalized spacial score (nSPS) is 13.4. The topological polar surface area (TPSA) is 41.8 Å². The van der Waals surface area contributed by atoms with E-state index in [9.17, 15) is 0 Å². The van der Waals surface area contributed by atoms with E-state index in [1.807, 2.05) is 18.3 Å². The van der Waals surface area contributed by atoms with E-state index < -0.39 is 0 Å². The van der Waals surface area contributed by atoms with Crippen LogP contribution in [-0.4, -0.2) is 4.98 Å². The maximum atomic E-state index is 6.03. The first-order valence-corrected chi connectivity index (χ1v) is 5.54. The molecule has 14 heavy (non-hydrogen) atoms. The lowest BCUT2D eigenvalue weighted by molar-refractivity contribution is 0.704. The Labute approximate surface area is 91.6 Å². The summed E-state index contributed by atoms with van der Waals surface area (Å²) in [7, 11) is 0. The van der Waals surface area contributed by atoms with Gasteiger partial charge in [-0.1, -0.05) is 28.9 Å². The molecule has 2 aromatic rings. The fraction of sp³-hybridized carbons (Fsp3) is 0.273. The van der Waals surface area contributed by atoms with Gasteiger partial charge in [0.2, 0.25) is 0 Å². The molecule has 1 aromatic heterocycles. The number of halogens is 1. The van der Waals surface area contributed by atoms with Crippen LogP contribution in [0.4, 0.5) is 0 Å². The van der Waals surface area contributed by atoms with Crippen LogP contribution in [0.25, 0.3) is 10.9 Å². The SMILES string of the molecule is CC[C@H](N)c1c[nH]c2cccc(Br)c12. The first-order valence-electron chi connectivity index (χ1n) is 4.75. The van der Waals surface area contributed by atoms with Crippen LogP contribution in [0.5, 0.6) is 0 Å². The van der Waals surface area contributed by atoms with Crippen LogP contribution in [0.1, 0.15) is 24.9 Å². The first-order chi connectivity index (χ1) is 6.74. The van der Waals surface area contributed by atoms with Gasteiger partial charge in [0.05, 0.1) is 0 Å². The maximum Gasteiger partial charge on any atom is 0.0468 e. The number of nitrogens with one attached hydrogen (secondary N) is 1. The Hall–Kier alpha value is -0.800. The quantitative estimate of drug-likeness (QED) is 0.846. The number of aromatic amines is 1. The van der Waals surface area contributed by atoms with Gasteiger partial charge < -0.3 is 10.7 Å². The van der Waals surface area contributed by atoms with E-state index in [-0.39, 0.29) is 6.04 Å². The van der Waals surface area contributed by atoms with Gasteiger partial charge in [-0.2, -0.15) is 0 Å². The summed E-state index contributed by atoms with van der Waals surface area (Å²) in [5.74, 6) is 0. The molecule has 0 bridgehead atoms. The Bertz CT molecular complexity index is 447. The summed E-state index contributed by atoms with van der Waals surface area (Å²) < 4.78 is 1.11. The molecule has 3 N–H and O–H groups in total. The highest BCUT2D eigenvalue weighted by atomic mass is 79.9. The minimum atomic E-state index is 0.113. The number of nitrogens with two attached hydrogens (primary N) is 1. The lowest BCUT2D eigenvalue weighted by Crippen LogP contribution is -2.07. The highest BCUT2D eigenvalue weighted by Crippen LogP contribution is 2.30. The number of aromatic nitrogens is 1. The minimum absolute atomic E-state index is 0.113. The molecular weight excluding hydrogens is 240 g/mol. The van der Waals surface area contributed by atoms with Crippen molar-refractivity contribution in [3.8, 4) is 0 Å². The third kappa shape index (κ3) is 1.47. The predicted molar refractivity (Wildman–Crippen MR) is 63.2 cm³/mol. The number of hydrogen-bond donors (Lipinski definition) is 2. The van der Waals surface area contributed by atoms with E-state index in [0.29, 0.717) is 0 Å². The molecule has 2 rings (SSSR count). The zero-order valence-electron chi connectivity index (χ0n) is 8.05. The lowest BCUT2D eigenvalue weighted by Gasteiger charge is -2.07. The number of benzene rings is 1. The molecule has 0 radical (unpaired) electrons. The third-order valence-electron chi connectivity index (χ3n) is 2.52. The van der Waals surface area contributed by atoms with Gasteiger partial charge in [-0.25, -0.2) is 0 Å².